The highest BCUT2D eigenvalue weighted by Crippen LogP contribution is 2.15. The van der Waals surface area contributed by atoms with Gasteiger partial charge in [0, 0.05) is 26.2 Å². The summed E-state index contributed by atoms with van der Waals surface area (Å²) in [4.78, 5) is 6.87. The second-order valence-electron chi connectivity index (χ2n) is 8.16. The number of aliphatic imine (C=N–C) groups is 1. The molecule has 1 aromatic carbocycles. The van der Waals surface area contributed by atoms with E-state index in [9.17, 15) is 0 Å². The third kappa shape index (κ3) is 7.91. The highest BCUT2D eigenvalue weighted by atomic mass is 127. The number of hydrogen-bond acceptors (Lipinski definition) is 4. The quantitative estimate of drug-likeness (QED) is 0.313. The molecule has 0 bridgehead atoms. The maximum Gasteiger partial charge on any atom is 0.191 e. The molecule has 1 aromatic heterocycles. The van der Waals surface area contributed by atoms with Crippen LogP contribution in [0, 0.1) is 0 Å². The van der Waals surface area contributed by atoms with Crippen molar-refractivity contribution in [2.24, 2.45) is 4.99 Å². The Morgan fingerprint density at radius 2 is 1.67 bits per heavy atom. The number of benzene rings is 1. The summed E-state index contributed by atoms with van der Waals surface area (Å²) in [7, 11) is 1.78. The average Bonchev–Trinajstić information content (AvgIpc) is 3.07. The van der Waals surface area contributed by atoms with Crippen LogP contribution in [-0.4, -0.2) is 36.2 Å². The lowest BCUT2D eigenvalue weighted by Crippen LogP contribution is -2.36. The molecule has 6 nitrogen and oxygen atoms in total. The van der Waals surface area contributed by atoms with E-state index in [-0.39, 0.29) is 24.0 Å². The van der Waals surface area contributed by atoms with Gasteiger partial charge >= 0.3 is 0 Å². The van der Waals surface area contributed by atoms with Crippen LogP contribution in [0.1, 0.15) is 68.0 Å². The van der Waals surface area contributed by atoms with Gasteiger partial charge in [0.25, 0.3) is 0 Å². The topological polar surface area (TPSA) is 65.7 Å². The number of guanidine groups is 1. The molecule has 1 saturated heterocycles. The van der Waals surface area contributed by atoms with Gasteiger partial charge in [0.15, 0.2) is 11.7 Å². The maximum absolute atomic E-state index is 5.37. The maximum atomic E-state index is 5.37. The Morgan fingerprint density at radius 3 is 2.27 bits per heavy atom. The number of likely N-dealkylation sites (tertiary alicyclic amines) is 1. The minimum absolute atomic E-state index is 0. The molecule has 0 aliphatic carbocycles. The zero-order valence-electron chi connectivity index (χ0n) is 18.5. The van der Waals surface area contributed by atoms with Gasteiger partial charge in [0.1, 0.15) is 0 Å². The zero-order valence-corrected chi connectivity index (χ0v) is 20.8. The molecule has 0 spiro atoms. The second kappa shape index (κ2) is 12.9. The first kappa shape index (κ1) is 24.7. The molecule has 0 amide bonds. The van der Waals surface area contributed by atoms with Gasteiger partial charge in [-0.3, -0.25) is 9.89 Å². The van der Waals surface area contributed by atoms with Crippen LogP contribution < -0.4 is 10.6 Å². The van der Waals surface area contributed by atoms with Crippen molar-refractivity contribution >= 4 is 29.9 Å². The van der Waals surface area contributed by atoms with Crippen LogP contribution in [0.4, 0.5) is 0 Å². The zero-order chi connectivity index (χ0) is 20.5. The van der Waals surface area contributed by atoms with Crippen LogP contribution in [0.15, 0.2) is 39.8 Å². The third-order valence-corrected chi connectivity index (χ3v) is 5.41. The van der Waals surface area contributed by atoms with Crippen molar-refractivity contribution in [2.75, 3.05) is 20.1 Å². The Bertz CT molecular complexity index is 764. The summed E-state index contributed by atoms with van der Waals surface area (Å²) >= 11 is 0. The van der Waals surface area contributed by atoms with E-state index in [1.807, 2.05) is 6.07 Å². The number of nitrogens with one attached hydrogen (secondary N) is 2. The summed E-state index contributed by atoms with van der Waals surface area (Å²) in [5, 5.41) is 10.7. The van der Waals surface area contributed by atoms with E-state index in [4.69, 9.17) is 4.52 Å². The van der Waals surface area contributed by atoms with Crippen molar-refractivity contribution in [1.82, 2.24) is 20.7 Å². The van der Waals surface area contributed by atoms with Gasteiger partial charge in [-0.25, -0.2) is 0 Å². The van der Waals surface area contributed by atoms with E-state index < -0.39 is 0 Å². The summed E-state index contributed by atoms with van der Waals surface area (Å²) < 4.78 is 5.37. The predicted octanol–water partition coefficient (Wildman–Crippen LogP) is 4.66. The van der Waals surface area contributed by atoms with Crippen LogP contribution >= 0.6 is 24.0 Å². The number of halogens is 1. The summed E-state index contributed by atoms with van der Waals surface area (Å²) in [6, 6.07) is 10.9. The summed E-state index contributed by atoms with van der Waals surface area (Å²) in [5.41, 5.74) is 3.61. The molecule has 166 valence electrons. The van der Waals surface area contributed by atoms with Gasteiger partial charge < -0.3 is 15.2 Å². The van der Waals surface area contributed by atoms with Crippen LogP contribution in [0.25, 0.3) is 0 Å². The molecule has 30 heavy (non-hydrogen) atoms. The van der Waals surface area contributed by atoms with Gasteiger partial charge in [0.2, 0.25) is 0 Å². The van der Waals surface area contributed by atoms with Gasteiger partial charge in [-0.2, -0.15) is 0 Å². The Labute approximate surface area is 197 Å². The molecule has 0 radical (unpaired) electrons. The van der Waals surface area contributed by atoms with Crippen molar-refractivity contribution in [3.63, 3.8) is 0 Å². The number of aromatic nitrogens is 1. The molecule has 3 rings (SSSR count). The van der Waals surface area contributed by atoms with E-state index in [1.165, 1.54) is 49.9 Å². The molecular weight excluding hydrogens is 489 g/mol. The van der Waals surface area contributed by atoms with Gasteiger partial charge in [0.05, 0.1) is 12.2 Å². The first-order valence-corrected chi connectivity index (χ1v) is 10.8. The Balaban J connectivity index is 0.00000320. The van der Waals surface area contributed by atoms with Gasteiger partial charge in [-0.15, -0.1) is 24.0 Å². The van der Waals surface area contributed by atoms with Crippen molar-refractivity contribution in [3.05, 3.63) is 52.9 Å². The van der Waals surface area contributed by atoms with Crippen molar-refractivity contribution in [1.29, 1.82) is 0 Å². The van der Waals surface area contributed by atoms with E-state index >= 15 is 0 Å². The lowest BCUT2D eigenvalue weighted by atomic mass is 10.1. The molecule has 2 N–H and O–H groups in total. The fourth-order valence-electron chi connectivity index (χ4n) is 3.58. The molecule has 2 aromatic rings. The van der Waals surface area contributed by atoms with Crippen LogP contribution in [0.5, 0.6) is 0 Å². The largest absolute Gasteiger partial charge is 0.359 e. The molecule has 1 aliphatic heterocycles. The number of rotatable bonds is 7. The molecular formula is C23H36IN5O. The molecule has 1 aliphatic rings. The summed E-state index contributed by atoms with van der Waals surface area (Å²) in [5.74, 6) is 1.93. The molecule has 2 heterocycles. The SMILES string of the molecule is CN=C(NCc1ccc(CN2CCCCCC2)cc1)NCc1cc(C(C)C)no1.I. The van der Waals surface area contributed by atoms with Crippen LogP contribution in [0.2, 0.25) is 0 Å². The normalized spacial score (nSPS) is 15.5. The smallest absolute Gasteiger partial charge is 0.191 e. The van der Waals surface area contributed by atoms with E-state index in [0.717, 1.165) is 30.5 Å². The number of nitrogens with zero attached hydrogens (tertiary/aromatic N) is 3. The third-order valence-electron chi connectivity index (χ3n) is 5.41. The first-order valence-electron chi connectivity index (χ1n) is 10.8. The standard InChI is InChI=1S/C23H35N5O.HI/c1-18(2)22-14-21(29-27-22)16-26-23(24-3)25-15-19-8-10-20(11-9-19)17-28-12-6-4-5-7-13-28;/h8-11,14,18H,4-7,12-13,15-17H2,1-3H3,(H2,24,25,26);1H. The summed E-state index contributed by atoms with van der Waals surface area (Å²) in [6.07, 6.45) is 5.43. The fourth-order valence-corrected chi connectivity index (χ4v) is 3.58. The van der Waals surface area contributed by atoms with E-state index in [2.05, 4.69) is 63.8 Å². The fraction of sp³-hybridized carbons (Fsp3) is 0.565. The lowest BCUT2D eigenvalue weighted by Gasteiger charge is -2.20. The van der Waals surface area contributed by atoms with Gasteiger partial charge in [-0.1, -0.05) is 56.1 Å². The minimum atomic E-state index is 0. The minimum Gasteiger partial charge on any atom is -0.359 e. The van der Waals surface area contributed by atoms with Crippen molar-refractivity contribution in [3.8, 4) is 0 Å². The molecule has 0 saturated carbocycles. The lowest BCUT2D eigenvalue weighted by molar-refractivity contribution is 0.277. The number of hydrogen-bond donors (Lipinski definition) is 2. The average molecular weight is 525 g/mol. The van der Waals surface area contributed by atoms with E-state index in [1.54, 1.807) is 7.05 Å². The predicted molar refractivity (Wildman–Crippen MR) is 133 cm³/mol. The van der Waals surface area contributed by atoms with Gasteiger partial charge in [-0.05, 0) is 43.0 Å². The highest BCUT2D eigenvalue weighted by Gasteiger charge is 2.10. The monoisotopic (exact) mass is 525 g/mol. The Hall–Kier alpha value is -1.61. The first-order chi connectivity index (χ1) is 14.1. The Kier molecular flexibility index (Phi) is 10.6. The molecule has 7 heteroatoms. The van der Waals surface area contributed by atoms with Crippen LogP contribution in [0.3, 0.4) is 0 Å². The molecule has 1 fully saturated rings. The van der Waals surface area contributed by atoms with E-state index in [0.29, 0.717) is 12.5 Å². The molecule has 0 atom stereocenters. The van der Waals surface area contributed by atoms with Crippen molar-refractivity contribution in [2.45, 2.75) is 65.1 Å². The Morgan fingerprint density at radius 1 is 1.03 bits per heavy atom. The highest BCUT2D eigenvalue weighted by molar-refractivity contribution is 14.0. The molecule has 0 unspecified atom stereocenters. The second-order valence-corrected chi connectivity index (χ2v) is 8.16. The summed E-state index contributed by atoms with van der Waals surface area (Å²) in [6.45, 7) is 9.03. The van der Waals surface area contributed by atoms with Crippen LogP contribution in [-0.2, 0) is 19.6 Å². The van der Waals surface area contributed by atoms with Crippen molar-refractivity contribution < 1.29 is 4.52 Å².